The van der Waals surface area contributed by atoms with E-state index in [4.69, 9.17) is 0 Å². The second kappa shape index (κ2) is 10.4. The van der Waals surface area contributed by atoms with Crippen molar-refractivity contribution in [2.45, 2.75) is 52.5 Å². The fraction of sp³-hybridized carbons (Fsp3) is 0.542. The Labute approximate surface area is 179 Å². The molecule has 1 aromatic carbocycles. The van der Waals surface area contributed by atoms with Gasteiger partial charge in [-0.1, -0.05) is 30.3 Å². The maximum absolute atomic E-state index is 12.9. The predicted octanol–water partition coefficient (Wildman–Crippen LogP) is 3.22. The minimum absolute atomic E-state index is 0.0851. The van der Waals surface area contributed by atoms with Crippen molar-refractivity contribution in [2.24, 2.45) is 5.92 Å². The molecule has 162 valence electrons. The van der Waals surface area contributed by atoms with E-state index in [1.54, 1.807) is 0 Å². The third-order valence-electron chi connectivity index (χ3n) is 5.93. The van der Waals surface area contributed by atoms with Crippen LogP contribution in [0.25, 0.3) is 0 Å². The van der Waals surface area contributed by atoms with Crippen molar-refractivity contribution in [2.75, 3.05) is 26.7 Å². The summed E-state index contributed by atoms with van der Waals surface area (Å²) in [5, 5.41) is 4.48. The normalized spacial score (nSPS) is 16.7. The van der Waals surface area contributed by atoms with Crippen LogP contribution in [0.5, 0.6) is 0 Å². The summed E-state index contributed by atoms with van der Waals surface area (Å²) in [5.74, 6) is 0.251. The largest absolute Gasteiger partial charge is 0.345 e. The molecule has 1 fully saturated rings. The van der Waals surface area contributed by atoms with Crippen LogP contribution in [0.15, 0.2) is 36.4 Å². The maximum atomic E-state index is 12.9. The Balaban J connectivity index is 1.44. The van der Waals surface area contributed by atoms with Gasteiger partial charge in [0.1, 0.15) is 0 Å². The van der Waals surface area contributed by atoms with E-state index in [1.165, 1.54) is 5.56 Å². The lowest BCUT2D eigenvalue weighted by Gasteiger charge is -2.34. The average molecular weight is 411 g/mol. The van der Waals surface area contributed by atoms with E-state index in [0.29, 0.717) is 25.9 Å². The molecule has 1 aromatic heterocycles. The number of amides is 2. The van der Waals surface area contributed by atoms with Crippen molar-refractivity contribution < 1.29 is 9.59 Å². The highest BCUT2D eigenvalue weighted by atomic mass is 16.2. The molecule has 2 aromatic rings. The molecular formula is C24H34N4O2. The highest BCUT2D eigenvalue weighted by Crippen LogP contribution is 2.20. The predicted molar refractivity (Wildman–Crippen MR) is 118 cm³/mol. The zero-order valence-electron chi connectivity index (χ0n) is 18.5. The number of piperidine rings is 1. The Bertz CT molecular complexity index is 846. The third-order valence-corrected chi connectivity index (χ3v) is 5.93. The van der Waals surface area contributed by atoms with Crippen LogP contribution in [0, 0.1) is 19.8 Å². The van der Waals surface area contributed by atoms with Crippen molar-refractivity contribution in [1.29, 1.82) is 0 Å². The Hall–Kier alpha value is -2.63. The number of hydrogen-bond donors (Lipinski definition) is 0. The van der Waals surface area contributed by atoms with Crippen LogP contribution in [0.3, 0.4) is 0 Å². The summed E-state index contributed by atoms with van der Waals surface area (Å²) in [6.45, 7) is 6.84. The Morgan fingerprint density at radius 3 is 2.63 bits per heavy atom. The molecule has 0 aliphatic carbocycles. The Morgan fingerprint density at radius 1 is 1.17 bits per heavy atom. The fourth-order valence-corrected chi connectivity index (χ4v) is 4.23. The number of aromatic nitrogens is 2. The molecule has 1 aliphatic heterocycles. The molecule has 2 amide bonds. The van der Waals surface area contributed by atoms with Crippen LogP contribution in [0.1, 0.15) is 42.6 Å². The van der Waals surface area contributed by atoms with E-state index in [-0.39, 0.29) is 17.7 Å². The summed E-state index contributed by atoms with van der Waals surface area (Å²) >= 11 is 0. The van der Waals surface area contributed by atoms with Gasteiger partial charge in [-0.3, -0.25) is 14.3 Å². The second-order valence-corrected chi connectivity index (χ2v) is 8.43. The summed E-state index contributed by atoms with van der Waals surface area (Å²) < 4.78 is 2.00. The molecule has 1 unspecified atom stereocenters. The zero-order chi connectivity index (χ0) is 21.5. The van der Waals surface area contributed by atoms with Gasteiger partial charge in [0.25, 0.3) is 0 Å². The average Bonchev–Trinajstić information content (AvgIpc) is 3.06. The summed E-state index contributed by atoms with van der Waals surface area (Å²) in [6, 6.07) is 12.4. The van der Waals surface area contributed by atoms with Crippen molar-refractivity contribution in [1.82, 2.24) is 19.6 Å². The zero-order valence-corrected chi connectivity index (χ0v) is 18.5. The molecule has 0 N–H and O–H groups in total. The van der Waals surface area contributed by atoms with Crippen LogP contribution in [0.4, 0.5) is 0 Å². The number of hydrogen-bond acceptors (Lipinski definition) is 3. The van der Waals surface area contributed by atoms with E-state index < -0.39 is 0 Å². The number of carbonyl (C=O) groups is 2. The second-order valence-electron chi connectivity index (χ2n) is 8.43. The number of benzene rings is 1. The van der Waals surface area contributed by atoms with Crippen molar-refractivity contribution in [3.63, 3.8) is 0 Å². The molecule has 1 aliphatic rings. The van der Waals surface area contributed by atoms with Gasteiger partial charge in [0.05, 0.1) is 11.6 Å². The maximum Gasteiger partial charge on any atom is 0.227 e. The first kappa shape index (κ1) is 22.1. The first-order valence-corrected chi connectivity index (χ1v) is 11.0. The molecule has 2 heterocycles. The number of rotatable bonds is 9. The summed E-state index contributed by atoms with van der Waals surface area (Å²) in [5.41, 5.74) is 3.46. The van der Waals surface area contributed by atoms with Crippen LogP contribution in [-0.4, -0.2) is 58.1 Å². The minimum Gasteiger partial charge on any atom is -0.345 e. The molecule has 1 atom stereocenters. The van der Waals surface area contributed by atoms with Gasteiger partial charge in [0, 0.05) is 45.3 Å². The van der Waals surface area contributed by atoms with Crippen molar-refractivity contribution in [3.05, 3.63) is 53.3 Å². The monoisotopic (exact) mass is 410 g/mol. The number of likely N-dealkylation sites (tertiary alicyclic amines) is 1. The van der Waals surface area contributed by atoms with Gasteiger partial charge in [-0.25, -0.2) is 0 Å². The summed E-state index contributed by atoms with van der Waals surface area (Å²) in [6.07, 6.45) is 3.89. The lowest BCUT2D eigenvalue weighted by atomic mass is 9.95. The van der Waals surface area contributed by atoms with Crippen molar-refractivity contribution >= 4 is 11.8 Å². The lowest BCUT2D eigenvalue weighted by molar-refractivity contribution is -0.142. The number of carbonyl (C=O) groups excluding carboxylic acids is 2. The summed E-state index contributed by atoms with van der Waals surface area (Å²) in [4.78, 5) is 29.0. The van der Waals surface area contributed by atoms with Crippen LogP contribution in [0.2, 0.25) is 0 Å². The Morgan fingerprint density at radius 2 is 1.93 bits per heavy atom. The van der Waals surface area contributed by atoms with Crippen LogP contribution < -0.4 is 0 Å². The minimum atomic E-state index is -0.0851. The fourth-order valence-electron chi connectivity index (χ4n) is 4.23. The SMILES string of the molecule is Cc1cc(C)n(CCCN(C)C(=O)C2CCC(=O)N(CCCc3ccccc3)C2)n1. The van der Waals surface area contributed by atoms with Crippen LogP contribution >= 0.6 is 0 Å². The molecule has 6 heteroatoms. The topological polar surface area (TPSA) is 58.4 Å². The molecule has 30 heavy (non-hydrogen) atoms. The van der Waals surface area contributed by atoms with Crippen LogP contribution in [-0.2, 0) is 22.6 Å². The van der Waals surface area contributed by atoms with Gasteiger partial charge in [-0.15, -0.1) is 0 Å². The molecule has 6 nitrogen and oxygen atoms in total. The van der Waals surface area contributed by atoms with Gasteiger partial charge in [0.2, 0.25) is 11.8 Å². The Kier molecular flexibility index (Phi) is 7.66. The van der Waals surface area contributed by atoms with E-state index in [9.17, 15) is 9.59 Å². The van der Waals surface area contributed by atoms with Gasteiger partial charge in [0.15, 0.2) is 0 Å². The molecule has 1 saturated heterocycles. The third kappa shape index (κ3) is 5.94. The quantitative estimate of drug-likeness (QED) is 0.638. The molecule has 3 rings (SSSR count). The highest BCUT2D eigenvalue weighted by molar-refractivity contribution is 5.83. The highest BCUT2D eigenvalue weighted by Gasteiger charge is 2.31. The first-order valence-electron chi connectivity index (χ1n) is 11.0. The number of aryl methyl sites for hydroxylation is 4. The molecule has 0 bridgehead atoms. The smallest absolute Gasteiger partial charge is 0.227 e. The van der Waals surface area contributed by atoms with E-state index in [0.717, 1.165) is 43.7 Å². The van der Waals surface area contributed by atoms with E-state index in [2.05, 4.69) is 30.2 Å². The first-order chi connectivity index (χ1) is 14.4. The standard InChI is InChI=1S/C24H34N4O2/c1-19-17-20(2)28(25-19)16-8-14-26(3)24(30)22-12-13-23(29)27(18-22)15-7-11-21-9-5-4-6-10-21/h4-6,9-10,17,22H,7-8,11-16,18H2,1-3H3. The molecule has 0 radical (unpaired) electrons. The molecule has 0 spiro atoms. The van der Waals surface area contributed by atoms with Gasteiger partial charge in [-0.2, -0.15) is 5.10 Å². The van der Waals surface area contributed by atoms with Gasteiger partial charge in [-0.05, 0) is 51.2 Å². The van der Waals surface area contributed by atoms with Gasteiger partial charge >= 0.3 is 0 Å². The molecular weight excluding hydrogens is 376 g/mol. The number of nitrogens with zero attached hydrogens (tertiary/aromatic N) is 4. The summed E-state index contributed by atoms with van der Waals surface area (Å²) in [7, 11) is 1.87. The molecule has 0 saturated carbocycles. The van der Waals surface area contributed by atoms with Gasteiger partial charge < -0.3 is 9.80 Å². The van der Waals surface area contributed by atoms with E-state index >= 15 is 0 Å². The van der Waals surface area contributed by atoms with E-state index in [1.807, 2.05) is 46.7 Å². The lowest BCUT2D eigenvalue weighted by Crippen LogP contribution is -2.46. The van der Waals surface area contributed by atoms with Crippen molar-refractivity contribution in [3.8, 4) is 0 Å².